The Morgan fingerprint density at radius 1 is 0.800 bits per heavy atom. The molecule has 0 amide bonds. The predicted octanol–water partition coefficient (Wildman–Crippen LogP) is 6.41. The van der Waals surface area contributed by atoms with Gasteiger partial charge in [0.2, 0.25) is 0 Å². The van der Waals surface area contributed by atoms with Crippen molar-refractivity contribution in [2.24, 2.45) is 0 Å². The third-order valence-corrected chi connectivity index (χ3v) is 6.62. The fourth-order valence-electron chi connectivity index (χ4n) is 2.54. The van der Waals surface area contributed by atoms with Crippen molar-refractivity contribution in [3.05, 3.63) is 0 Å². The minimum atomic E-state index is -3.59. The molecule has 0 aromatic carbocycles. The molecular formula is C19H39O5P. The molecule has 0 aliphatic carbocycles. The highest BCUT2D eigenvalue weighted by Gasteiger charge is 2.37. The highest BCUT2D eigenvalue weighted by atomic mass is 31.2. The van der Waals surface area contributed by atoms with Crippen LogP contribution >= 0.6 is 7.60 Å². The van der Waals surface area contributed by atoms with Gasteiger partial charge in [0.25, 0.3) is 0 Å². The molecule has 6 heteroatoms. The molecular weight excluding hydrogens is 339 g/mol. The summed E-state index contributed by atoms with van der Waals surface area (Å²) < 4.78 is 23.7. The van der Waals surface area contributed by atoms with Crippen LogP contribution in [0, 0.1) is 0 Å². The van der Waals surface area contributed by atoms with E-state index in [1.54, 1.807) is 0 Å². The topological polar surface area (TPSA) is 72.8 Å². The number of carboxylic acid groups (broad SMARTS) is 1. The van der Waals surface area contributed by atoms with Gasteiger partial charge in [0, 0.05) is 0 Å². The molecule has 0 fully saturated rings. The van der Waals surface area contributed by atoms with E-state index < -0.39 is 19.2 Å². The first-order chi connectivity index (χ1) is 12.0. The lowest BCUT2D eigenvalue weighted by Crippen LogP contribution is -2.20. The number of hydrogen-bond donors (Lipinski definition) is 1. The summed E-state index contributed by atoms with van der Waals surface area (Å²) in [6.07, 6.45) is 13.2. The van der Waals surface area contributed by atoms with E-state index >= 15 is 0 Å². The van der Waals surface area contributed by atoms with Crippen LogP contribution in [0.2, 0.25) is 0 Å². The fourth-order valence-corrected chi connectivity index (χ4v) is 4.10. The van der Waals surface area contributed by atoms with Crippen molar-refractivity contribution in [2.75, 3.05) is 13.2 Å². The van der Waals surface area contributed by atoms with Gasteiger partial charge in [0.1, 0.15) is 0 Å². The Morgan fingerprint density at radius 2 is 1.16 bits per heavy atom. The zero-order valence-electron chi connectivity index (χ0n) is 16.5. The summed E-state index contributed by atoms with van der Waals surface area (Å²) in [5.74, 6) is -1.13. The Labute approximate surface area is 154 Å². The lowest BCUT2D eigenvalue weighted by molar-refractivity contribution is -0.136. The molecule has 5 nitrogen and oxygen atoms in total. The summed E-state index contributed by atoms with van der Waals surface area (Å²) in [6, 6.07) is 0. The van der Waals surface area contributed by atoms with E-state index in [9.17, 15) is 14.5 Å². The van der Waals surface area contributed by atoms with E-state index in [4.69, 9.17) is 9.05 Å². The third-order valence-electron chi connectivity index (χ3n) is 4.37. The fraction of sp³-hybridized carbons (Fsp3) is 0.947. The summed E-state index contributed by atoms with van der Waals surface area (Å²) in [7, 11) is -3.59. The Kier molecular flexibility index (Phi) is 15.6. The molecule has 0 heterocycles. The second-order valence-electron chi connectivity index (χ2n) is 6.76. The number of carbonyl (C=O) groups is 1. The predicted molar refractivity (Wildman–Crippen MR) is 103 cm³/mol. The first-order valence-corrected chi connectivity index (χ1v) is 11.7. The van der Waals surface area contributed by atoms with Crippen LogP contribution in [0.3, 0.4) is 0 Å². The molecule has 1 unspecified atom stereocenters. The third kappa shape index (κ3) is 12.6. The number of unbranched alkanes of at least 4 members (excludes halogenated alkanes) is 10. The van der Waals surface area contributed by atoms with Crippen LogP contribution in [0.15, 0.2) is 0 Å². The summed E-state index contributed by atoms with van der Waals surface area (Å²) in [6.45, 7) is 6.36. The van der Waals surface area contributed by atoms with Crippen molar-refractivity contribution in [3.63, 3.8) is 0 Å². The van der Waals surface area contributed by atoms with E-state index in [1.165, 1.54) is 45.4 Å². The van der Waals surface area contributed by atoms with Crippen molar-refractivity contribution in [1.82, 2.24) is 0 Å². The SMILES string of the molecule is CCCCCCCCOP(=O)(OCCCCCCCC)C(C)C(=O)O. The lowest BCUT2D eigenvalue weighted by atomic mass is 10.1. The van der Waals surface area contributed by atoms with Gasteiger partial charge in [-0.1, -0.05) is 78.1 Å². The zero-order valence-corrected chi connectivity index (χ0v) is 17.4. The Balaban J connectivity index is 4.13. The first kappa shape index (κ1) is 24.6. The molecule has 0 aliphatic rings. The van der Waals surface area contributed by atoms with Crippen LogP contribution in [0.4, 0.5) is 0 Å². The van der Waals surface area contributed by atoms with E-state index in [1.807, 2.05) is 0 Å². The Bertz CT molecular complexity index is 351. The van der Waals surface area contributed by atoms with Crippen LogP contribution in [0.25, 0.3) is 0 Å². The van der Waals surface area contributed by atoms with Crippen LogP contribution < -0.4 is 0 Å². The average molecular weight is 378 g/mol. The van der Waals surface area contributed by atoms with Gasteiger partial charge < -0.3 is 14.2 Å². The maximum Gasteiger partial charge on any atom is 0.344 e. The maximum atomic E-state index is 12.8. The van der Waals surface area contributed by atoms with Gasteiger partial charge in [-0.05, 0) is 19.8 Å². The second kappa shape index (κ2) is 15.8. The summed E-state index contributed by atoms with van der Waals surface area (Å²) >= 11 is 0. The highest BCUT2D eigenvalue weighted by molar-refractivity contribution is 7.55. The number of aliphatic carboxylic acids is 1. The van der Waals surface area contributed by atoms with Crippen LogP contribution in [0.1, 0.15) is 97.8 Å². The standard InChI is InChI=1S/C19H39O5P/c1-4-6-8-10-12-14-16-23-25(22,18(3)19(20)21)24-17-15-13-11-9-7-5-2/h18H,4-17H2,1-3H3,(H,20,21). The first-order valence-electron chi connectivity index (χ1n) is 10.1. The Hall–Kier alpha value is -0.380. The summed E-state index contributed by atoms with van der Waals surface area (Å²) in [4.78, 5) is 11.2. The van der Waals surface area contributed by atoms with Gasteiger partial charge in [-0.2, -0.15) is 0 Å². The van der Waals surface area contributed by atoms with Gasteiger partial charge in [-0.15, -0.1) is 0 Å². The molecule has 0 radical (unpaired) electrons. The Morgan fingerprint density at radius 3 is 1.52 bits per heavy atom. The van der Waals surface area contributed by atoms with Crippen molar-refractivity contribution >= 4 is 13.6 Å². The van der Waals surface area contributed by atoms with Crippen LogP contribution in [-0.4, -0.2) is 29.9 Å². The molecule has 1 atom stereocenters. The van der Waals surface area contributed by atoms with Crippen molar-refractivity contribution in [2.45, 2.75) is 103 Å². The molecule has 0 spiro atoms. The molecule has 25 heavy (non-hydrogen) atoms. The molecule has 0 saturated heterocycles. The van der Waals surface area contributed by atoms with E-state index in [0.717, 1.165) is 38.5 Å². The molecule has 0 bridgehead atoms. The van der Waals surface area contributed by atoms with Crippen molar-refractivity contribution < 1.29 is 23.5 Å². The monoisotopic (exact) mass is 378 g/mol. The molecule has 0 aliphatic heterocycles. The normalized spacial score (nSPS) is 13.1. The quantitative estimate of drug-likeness (QED) is 0.220. The van der Waals surface area contributed by atoms with Gasteiger partial charge in [0.05, 0.1) is 13.2 Å². The minimum Gasteiger partial charge on any atom is -0.481 e. The van der Waals surface area contributed by atoms with Crippen LogP contribution in [-0.2, 0) is 18.4 Å². The molecule has 1 N–H and O–H groups in total. The molecule has 0 aromatic rings. The van der Waals surface area contributed by atoms with E-state index in [2.05, 4.69) is 13.8 Å². The number of carboxylic acids is 1. The van der Waals surface area contributed by atoms with E-state index in [0.29, 0.717) is 13.2 Å². The summed E-state index contributed by atoms with van der Waals surface area (Å²) in [5.41, 5.74) is -1.12. The molecule has 150 valence electrons. The van der Waals surface area contributed by atoms with Crippen molar-refractivity contribution in [3.8, 4) is 0 Å². The van der Waals surface area contributed by atoms with E-state index in [-0.39, 0.29) is 0 Å². The molecule has 0 rings (SSSR count). The minimum absolute atomic E-state index is 0.303. The van der Waals surface area contributed by atoms with Gasteiger partial charge in [0.15, 0.2) is 5.66 Å². The van der Waals surface area contributed by atoms with Crippen LogP contribution in [0.5, 0.6) is 0 Å². The zero-order chi connectivity index (χ0) is 19.0. The number of hydrogen-bond acceptors (Lipinski definition) is 4. The maximum absolute atomic E-state index is 12.8. The van der Waals surface area contributed by atoms with Crippen molar-refractivity contribution in [1.29, 1.82) is 0 Å². The second-order valence-corrected chi connectivity index (χ2v) is 9.13. The van der Waals surface area contributed by atoms with Gasteiger partial charge >= 0.3 is 13.6 Å². The van der Waals surface area contributed by atoms with Gasteiger partial charge in [-0.3, -0.25) is 9.36 Å². The van der Waals surface area contributed by atoms with Gasteiger partial charge in [-0.25, -0.2) is 0 Å². The molecule has 0 aromatic heterocycles. The summed E-state index contributed by atoms with van der Waals surface area (Å²) in [5, 5.41) is 9.19. The number of rotatable bonds is 18. The highest BCUT2D eigenvalue weighted by Crippen LogP contribution is 2.53. The molecule has 0 saturated carbocycles. The smallest absolute Gasteiger partial charge is 0.344 e. The lowest BCUT2D eigenvalue weighted by Gasteiger charge is -2.22. The average Bonchev–Trinajstić information content (AvgIpc) is 2.59. The largest absolute Gasteiger partial charge is 0.481 e.